The summed E-state index contributed by atoms with van der Waals surface area (Å²) in [6, 6.07) is 0. The molecular weight excluding hydrogens is 211 g/mol. The van der Waals surface area contributed by atoms with Gasteiger partial charge in [0, 0.05) is 32.7 Å². The smallest absolute Gasteiger partial charge is 0.330 e. The number of carbonyl (C=O) groups is 1. The Morgan fingerprint density at radius 1 is 1.25 bits per heavy atom. The van der Waals surface area contributed by atoms with E-state index in [1.807, 2.05) is 25.7 Å². The minimum Gasteiger partial charge on any atom is -0.367 e. The number of carbonyl (C=O) groups excluding carboxylic acids is 1. The number of hydrogen-bond donors (Lipinski definition) is 0. The normalized spacial score (nSPS) is 19.8. The van der Waals surface area contributed by atoms with Crippen molar-refractivity contribution in [3.63, 3.8) is 0 Å². The van der Waals surface area contributed by atoms with Crippen molar-refractivity contribution in [1.82, 2.24) is 9.96 Å². The van der Waals surface area contributed by atoms with Crippen LogP contribution in [-0.2, 0) is 9.63 Å². The van der Waals surface area contributed by atoms with Crippen LogP contribution in [0.3, 0.4) is 0 Å². The highest BCUT2D eigenvalue weighted by atomic mass is 19.1. The third-order valence-electron chi connectivity index (χ3n) is 2.56. The fraction of sp³-hybridized carbons (Fsp3) is 0.909. The fourth-order valence-corrected chi connectivity index (χ4v) is 1.42. The fourth-order valence-electron chi connectivity index (χ4n) is 1.42. The summed E-state index contributed by atoms with van der Waals surface area (Å²) in [5.74, 6) is -0.216. The van der Waals surface area contributed by atoms with Gasteiger partial charge in [0.05, 0.1) is 5.41 Å². The molecule has 16 heavy (non-hydrogen) atoms. The van der Waals surface area contributed by atoms with E-state index >= 15 is 0 Å². The van der Waals surface area contributed by atoms with Gasteiger partial charge in [-0.05, 0) is 20.8 Å². The van der Waals surface area contributed by atoms with Gasteiger partial charge in [0.2, 0.25) is 0 Å². The molecule has 0 aromatic heterocycles. The van der Waals surface area contributed by atoms with Crippen molar-refractivity contribution >= 4 is 5.97 Å². The minimum absolute atomic E-state index is 0.216. The van der Waals surface area contributed by atoms with Crippen molar-refractivity contribution in [3.05, 3.63) is 0 Å². The maximum atomic E-state index is 12.1. The van der Waals surface area contributed by atoms with Gasteiger partial charge in [-0.15, -0.1) is 5.06 Å². The highest BCUT2D eigenvalue weighted by molar-refractivity contribution is 5.75. The van der Waals surface area contributed by atoms with Crippen LogP contribution in [0.4, 0.5) is 4.39 Å². The summed E-state index contributed by atoms with van der Waals surface area (Å²) >= 11 is 0. The topological polar surface area (TPSA) is 32.8 Å². The van der Waals surface area contributed by atoms with Gasteiger partial charge in [-0.3, -0.25) is 4.90 Å². The van der Waals surface area contributed by atoms with E-state index in [1.165, 1.54) is 0 Å². The van der Waals surface area contributed by atoms with Crippen LogP contribution < -0.4 is 0 Å². The van der Waals surface area contributed by atoms with Crippen molar-refractivity contribution in [2.75, 3.05) is 39.4 Å². The van der Waals surface area contributed by atoms with Gasteiger partial charge in [0.1, 0.15) is 6.67 Å². The first-order valence-corrected chi connectivity index (χ1v) is 5.69. The summed E-state index contributed by atoms with van der Waals surface area (Å²) in [6.07, 6.45) is 0. The summed E-state index contributed by atoms with van der Waals surface area (Å²) in [5, 5.41) is 1.67. The summed E-state index contributed by atoms with van der Waals surface area (Å²) < 4.78 is 12.1. The summed E-state index contributed by atoms with van der Waals surface area (Å²) in [7, 11) is 0. The Morgan fingerprint density at radius 2 is 1.81 bits per heavy atom. The van der Waals surface area contributed by atoms with Crippen LogP contribution in [0, 0.1) is 5.41 Å². The van der Waals surface area contributed by atoms with Crippen molar-refractivity contribution < 1.29 is 14.0 Å². The molecule has 0 spiro atoms. The molecule has 0 bridgehead atoms. The van der Waals surface area contributed by atoms with E-state index in [1.54, 1.807) is 5.06 Å². The van der Waals surface area contributed by atoms with Crippen LogP contribution >= 0.6 is 0 Å². The van der Waals surface area contributed by atoms with Gasteiger partial charge in [-0.25, -0.2) is 9.18 Å². The Labute approximate surface area is 96.3 Å². The first-order chi connectivity index (χ1) is 7.43. The number of rotatable bonds is 3. The number of hydroxylamine groups is 2. The first kappa shape index (κ1) is 13.4. The molecule has 0 atom stereocenters. The van der Waals surface area contributed by atoms with E-state index in [0.29, 0.717) is 19.6 Å². The standard InChI is InChI=1S/C11H21FN2O2/c1-11(2,3)10(15)16-14-8-6-13(5-4-12)7-9-14/h4-9H2,1-3H3. The largest absolute Gasteiger partial charge is 0.367 e. The molecule has 1 rings (SSSR count). The van der Waals surface area contributed by atoms with E-state index in [-0.39, 0.29) is 12.6 Å². The predicted octanol–water partition coefficient (Wildman–Crippen LogP) is 1.08. The zero-order valence-electron chi connectivity index (χ0n) is 10.3. The number of hydrogen-bond acceptors (Lipinski definition) is 4. The zero-order chi connectivity index (χ0) is 12.2. The number of nitrogens with zero attached hydrogens (tertiary/aromatic N) is 2. The van der Waals surface area contributed by atoms with Gasteiger partial charge < -0.3 is 4.84 Å². The summed E-state index contributed by atoms with van der Waals surface area (Å²) in [5.41, 5.74) is -0.476. The molecule has 1 aliphatic heterocycles. The van der Waals surface area contributed by atoms with Gasteiger partial charge in [-0.2, -0.15) is 0 Å². The highest BCUT2D eigenvalue weighted by Crippen LogP contribution is 2.16. The molecule has 0 aliphatic carbocycles. The molecule has 94 valence electrons. The molecule has 0 amide bonds. The lowest BCUT2D eigenvalue weighted by molar-refractivity contribution is -0.206. The third kappa shape index (κ3) is 4.06. The maximum absolute atomic E-state index is 12.1. The van der Waals surface area contributed by atoms with E-state index < -0.39 is 5.41 Å². The molecule has 0 aromatic rings. The minimum atomic E-state index is -0.476. The number of piperazine rings is 1. The Balaban J connectivity index is 2.30. The second-order valence-electron chi connectivity index (χ2n) is 5.09. The Kier molecular flexibility index (Phi) is 4.68. The second-order valence-corrected chi connectivity index (χ2v) is 5.09. The molecule has 5 heteroatoms. The Hall–Kier alpha value is -0.680. The molecular formula is C11H21FN2O2. The van der Waals surface area contributed by atoms with Gasteiger partial charge >= 0.3 is 5.97 Å². The van der Waals surface area contributed by atoms with Crippen molar-refractivity contribution in [2.45, 2.75) is 20.8 Å². The lowest BCUT2D eigenvalue weighted by Crippen LogP contribution is -2.48. The lowest BCUT2D eigenvalue weighted by Gasteiger charge is -2.33. The molecule has 1 saturated heterocycles. The molecule has 0 aromatic carbocycles. The van der Waals surface area contributed by atoms with Crippen LogP contribution in [0.1, 0.15) is 20.8 Å². The zero-order valence-corrected chi connectivity index (χ0v) is 10.3. The lowest BCUT2D eigenvalue weighted by atomic mass is 9.98. The van der Waals surface area contributed by atoms with Crippen molar-refractivity contribution in [1.29, 1.82) is 0 Å². The quantitative estimate of drug-likeness (QED) is 0.729. The van der Waals surface area contributed by atoms with E-state index in [4.69, 9.17) is 4.84 Å². The average molecular weight is 232 g/mol. The molecule has 0 saturated carbocycles. The van der Waals surface area contributed by atoms with E-state index in [9.17, 15) is 9.18 Å². The average Bonchev–Trinajstić information content (AvgIpc) is 2.20. The van der Waals surface area contributed by atoms with Crippen LogP contribution in [0.25, 0.3) is 0 Å². The molecule has 0 radical (unpaired) electrons. The van der Waals surface area contributed by atoms with Crippen molar-refractivity contribution in [2.24, 2.45) is 5.41 Å². The monoisotopic (exact) mass is 232 g/mol. The molecule has 0 N–H and O–H groups in total. The van der Waals surface area contributed by atoms with Gasteiger partial charge in [0.15, 0.2) is 0 Å². The van der Waals surface area contributed by atoms with Crippen molar-refractivity contribution in [3.8, 4) is 0 Å². The van der Waals surface area contributed by atoms with Crippen LogP contribution in [-0.4, -0.2) is 55.3 Å². The summed E-state index contributed by atoms with van der Waals surface area (Å²) in [6.45, 7) is 8.45. The Morgan fingerprint density at radius 3 is 2.25 bits per heavy atom. The molecule has 1 aliphatic rings. The van der Waals surface area contributed by atoms with Gasteiger partial charge in [0.25, 0.3) is 0 Å². The van der Waals surface area contributed by atoms with E-state index in [2.05, 4.69) is 0 Å². The molecule has 1 fully saturated rings. The summed E-state index contributed by atoms with van der Waals surface area (Å²) in [4.78, 5) is 18.9. The number of halogens is 1. The van der Waals surface area contributed by atoms with E-state index in [0.717, 1.165) is 13.1 Å². The first-order valence-electron chi connectivity index (χ1n) is 5.69. The second kappa shape index (κ2) is 5.59. The third-order valence-corrected chi connectivity index (χ3v) is 2.56. The predicted molar refractivity (Wildman–Crippen MR) is 59.5 cm³/mol. The molecule has 4 nitrogen and oxygen atoms in total. The SMILES string of the molecule is CC(C)(C)C(=O)ON1CCN(CCF)CC1. The Bertz CT molecular complexity index is 233. The molecule has 1 heterocycles. The highest BCUT2D eigenvalue weighted by Gasteiger charge is 2.27. The number of alkyl halides is 1. The van der Waals surface area contributed by atoms with Gasteiger partial charge in [-0.1, -0.05) is 0 Å². The van der Waals surface area contributed by atoms with Crippen LogP contribution in [0.15, 0.2) is 0 Å². The van der Waals surface area contributed by atoms with Crippen LogP contribution in [0.5, 0.6) is 0 Å². The maximum Gasteiger partial charge on any atom is 0.330 e. The molecule has 0 unspecified atom stereocenters. The van der Waals surface area contributed by atoms with Crippen LogP contribution in [0.2, 0.25) is 0 Å².